The monoisotopic (exact) mass is 356 g/mol. The number of nitrogens with one attached hydrogen (secondary N) is 1. The highest BCUT2D eigenvalue weighted by atomic mass is 19.1. The highest BCUT2D eigenvalue weighted by Gasteiger charge is 2.31. The average Bonchev–Trinajstić information content (AvgIpc) is 3.12. The molecule has 0 radical (unpaired) electrons. The molecule has 1 amide bonds. The molecule has 1 unspecified atom stereocenters. The van der Waals surface area contributed by atoms with Crippen LogP contribution in [0.5, 0.6) is 0 Å². The highest BCUT2D eigenvalue weighted by molar-refractivity contribution is 5.96. The number of carbonyl (C=O) groups excluding carboxylic acids is 2. The summed E-state index contributed by atoms with van der Waals surface area (Å²) in [4.78, 5) is 26.1. The Morgan fingerprint density at radius 3 is 2.62 bits per heavy atom. The molecule has 0 saturated carbocycles. The summed E-state index contributed by atoms with van der Waals surface area (Å²) in [7, 11) is 1.32. The van der Waals surface area contributed by atoms with Crippen LogP contribution in [0.25, 0.3) is 0 Å². The number of hydrogen-bond acceptors (Lipinski definition) is 4. The topological polar surface area (TPSA) is 58.6 Å². The van der Waals surface area contributed by atoms with Crippen LogP contribution < -0.4 is 5.32 Å². The number of amides is 1. The molecule has 1 saturated heterocycles. The Balaban J connectivity index is 1.65. The van der Waals surface area contributed by atoms with Crippen molar-refractivity contribution in [2.45, 2.75) is 25.4 Å². The lowest BCUT2D eigenvalue weighted by Gasteiger charge is -2.24. The van der Waals surface area contributed by atoms with Gasteiger partial charge in [0.05, 0.1) is 18.7 Å². The van der Waals surface area contributed by atoms with Crippen LogP contribution in [0.1, 0.15) is 28.8 Å². The molecular weight excluding hydrogens is 335 g/mol. The van der Waals surface area contributed by atoms with Crippen LogP contribution in [-0.2, 0) is 16.1 Å². The Labute approximate surface area is 151 Å². The van der Waals surface area contributed by atoms with Crippen LogP contribution in [0.3, 0.4) is 0 Å². The van der Waals surface area contributed by atoms with Gasteiger partial charge in [0.15, 0.2) is 0 Å². The van der Waals surface area contributed by atoms with Gasteiger partial charge in [-0.2, -0.15) is 0 Å². The van der Waals surface area contributed by atoms with Crippen molar-refractivity contribution in [2.24, 2.45) is 0 Å². The number of methoxy groups -OCH3 is 1. The van der Waals surface area contributed by atoms with Gasteiger partial charge in [-0.3, -0.25) is 9.69 Å². The van der Waals surface area contributed by atoms with Crippen molar-refractivity contribution >= 4 is 17.6 Å². The largest absolute Gasteiger partial charge is 0.465 e. The molecular formula is C20H21FN2O3. The van der Waals surface area contributed by atoms with Gasteiger partial charge in [0.25, 0.3) is 0 Å². The van der Waals surface area contributed by atoms with Gasteiger partial charge >= 0.3 is 5.97 Å². The fourth-order valence-corrected chi connectivity index (χ4v) is 3.19. The second-order valence-corrected chi connectivity index (χ2v) is 6.28. The summed E-state index contributed by atoms with van der Waals surface area (Å²) < 4.78 is 18.5. The normalized spacial score (nSPS) is 17.1. The number of nitrogens with zero attached hydrogens (tertiary/aromatic N) is 1. The third kappa shape index (κ3) is 4.08. The molecule has 2 aromatic rings. The molecule has 6 heteroatoms. The van der Waals surface area contributed by atoms with Gasteiger partial charge in [-0.05, 0) is 49.7 Å². The predicted molar refractivity (Wildman–Crippen MR) is 96.2 cm³/mol. The first-order valence-corrected chi connectivity index (χ1v) is 8.55. The standard InChI is InChI=1S/C20H21FN2O3/c1-26-20(25)14-8-10-16(11-9-14)22-19(24)18-7-4-12-23(18)13-15-5-2-3-6-17(15)21/h2-3,5-6,8-11,18H,4,7,12-13H2,1H3,(H,22,24). The Morgan fingerprint density at radius 1 is 1.19 bits per heavy atom. The first-order chi connectivity index (χ1) is 12.6. The summed E-state index contributed by atoms with van der Waals surface area (Å²) in [5.41, 5.74) is 1.63. The molecule has 0 aromatic heterocycles. The summed E-state index contributed by atoms with van der Waals surface area (Å²) in [6, 6.07) is 12.9. The van der Waals surface area contributed by atoms with Crippen LogP contribution >= 0.6 is 0 Å². The van der Waals surface area contributed by atoms with E-state index in [4.69, 9.17) is 0 Å². The minimum atomic E-state index is -0.422. The molecule has 0 spiro atoms. The Kier molecular flexibility index (Phi) is 5.63. The predicted octanol–water partition coefficient (Wildman–Crippen LogP) is 3.22. The fourth-order valence-electron chi connectivity index (χ4n) is 3.19. The van der Waals surface area contributed by atoms with E-state index in [2.05, 4.69) is 10.1 Å². The molecule has 26 heavy (non-hydrogen) atoms. The van der Waals surface area contributed by atoms with E-state index in [1.165, 1.54) is 13.2 Å². The second kappa shape index (κ2) is 8.10. The number of ether oxygens (including phenoxy) is 1. The van der Waals surface area contributed by atoms with Crippen molar-refractivity contribution < 1.29 is 18.7 Å². The van der Waals surface area contributed by atoms with Crippen LogP contribution in [0.15, 0.2) is 48.5 Å². The van der Waals surface area contributed by atoms with Crippen molar-refractivity contribution in [1.29, 1.82) is 0 Å². The average molecular weight is 356 g/mol. The van der Waals surface area contributed by atoms with E-state index in [1.807, 2.05) is 4.90 Å². The van der Waals surface area contributed by atoms with Gasteiger partial charge in [0.2, 0.25) is 5.91 Å². The Morgan fingerprint density at radius 2 is 1.92 bits per heavy atom. The lowest BCUT2D eigenvalue weighted by Crippen LogP contribution is -2.39. The highest BCUT2D eigenvalue weighted by Crippen LogP contribution is 2.23. The Hall–Kier alpha value is -2.73. The second-order valence-electron chi connectivity index (χ2n) is 6.28. The molecule has 5 nitrogen and oxygen atoms in total. The first kappa shape index (κ1) is 18.1. The quantitative estimate of drug-likeness (QED) is 0.836. The summed E-state index contributed by atoms with van der Waals surface area (Å²) in [5, 5.41) is 2.87. The van der Waals surface area contributed by atoms with Crippen LogP contribution in [0.4, 0.5) is 10.1 Å². The molecule has 3 rings (SSSR count). The van der Waals surface area contributed by atoms with E-state index in [1.54, 1.807) is 42.5 Å². The number of halogens is 1. The van der Waals surface area contributed by atoms with E-state index >= 15 is 0 Å². The van der Waals surface area contributed by atoms with Crippen molar-refractivity contribution in [3.8, 4) is 0 Å². The minimum absolute atomic E-state index is 0.121. The number of carbonyl (C=O) groups is 2. The molecule has 1 N–H and O–H groups in total. The van der Waals surface area contributed by atoms with E-state index in [0.29, 0.717) is 23.4 Å². The molecule has 1 aliphatic rings. The van der Waals surface area contributed by atoms with E-state index in [-0.39, 0.29) is 17.8 Å². The third-order valence-electron chi connectivity index (χ3n) is 4.57. The maximum absolute atomic E-state index is 13.9. The van der Waals surface area contributed by atoms with Gasteiger partial charge in [0.1, 0.15) is 5.82 Å². The summed E-state index contributed by atoms with van der Waals surface area (Å²) in [6.07, 6.45) is 1.63. The molecule has 1 heterocycles. The molecule has 2 aromatic carbocycles. The number of esters is 1. The van der Waals surface area contributed by atoms with Crippen molar-refractivity contribution in [3.05, 3.63) is 65.5 Å². The molecule has 0 bridgehead atoms. The lowest BCUT2D eigenvalue weighted by atomic mass is 10.1. The Bertz CT molecular complexity index is 792. The van der Waals surface area contributed by atoms with Crippen molar-refractivity contribution in [1.82, 2.24) is 4.90 Å². The van der Waals surface area contributed by atoms with E-state index < -0.39 is 5.97 Å². The smallest absolute Gasteiger partial charge is 0.337 e. The van der Waals surface area contributed by atoms with Gasteiger partial charge in [-0.25, -0.2) is 9.18 Å². The number of benzene rings is 2. The summed E-state index contributed by atoms with van der Waals surface area (Å²) in [6.45, 7) is 1.17. The molecule has 0 aliphatic carbocycles. The maximum Gasteiger partial charge on any atom is 0.337 e. The SMILES string of the molecule is COC(=O)c1ccc(NC(=O)C2CCCN2Cc2ccccc2F)cc1. The molecule has 1 aliphatic heterocycles. The number of rotatable bonds is 5. The van der Waals surface area contributed by atoms with Crippen LogP contribution in [-0.4, -0.2) is 36.5 Å². The molecule has 136 valence electrons. The number of anilines is 1. The lowest BCUT2D eigenvalue weighted by molar-refractivity contribution is -0.120. The van der Waals surface area contributed by atoms with Crippen LogP contribution in [0, 0.1) is 5.82 Å². The van der Waals surface area contributed by atoms with Gasteiger partial charge < -0.3 is 10.1 Å². The van der Waals surface area contributed by atoms with Crippen LogP contribution in [0.2, 0.25) is 0 Å². The zero-order valence-corrected chi connectivity index (χ0v) is 14.6. The number of likely N-dealkylation sites (tertiary alicyclic amines) is 1. The molecule has 1 fully saturated rings. The van der Waals surface area contributed by atoms with Gasteiger partial charge in [0, 0.05) is 17.8 Å². The number of hydrogen-bond donors (Lipinski definition) is 1. The first-order valence-electron chi connectivity index (χ1n) is 8.55. The summed E-state index contributed by atoms with van der Waals surface area (Å²) in [5.74, 6) is -0.795. The fraction of sp³-hybridized carbons (Fsp3) is 0.300. The maximum atomic E-state index is 13.9. The minimum Gasteiger partial charge on any atom is -0.465 e. The zero-order valence-electron chi connectivity index (χ0n) is 14.6. The summed E-state index contributed by atoms with van der Waals surface area (Å²) >= 11 is 0. The van der Waals surface area contributed by atoms with Gasteiger partial charge in [-0.15, -0.1) is 0 Å². The van der Waals surface area contributed by atoms with Crippen molar-refractivity contribution in [3.63, 3.8) is 0 Å². The van der Waals surface area contributed by atoms with Gasteiger partial charge in [-0.1, -0.05) is 18.2 Å². The van der Waals surface area contributed by atoms with E-state index in [9.17, 15) is 14.0 Å². The zero-order chi connectivity index (χ0) is 18.5. The van der Waals surface area contributed by atoms with Crippen molar-refractivity contribution in [2.75, 3.05) is 19.0 Å². The molecule has 1 atom stereocenters. The third-order valence-corrected chi connectivity index (χ3v) is 4.57. The van der Waals surface area contributed by atoms with E-state index in [0.717, 1.165) is 19.4 Å².